The van der Waals surface area contributed by atoms with Crippen LogP contribution in [-0.4, -0.2) is 23.9 Å². The number of hydrogen-bond acceptors (Lipinski definition) is 4. The standard InChI is InChI=1S/C21H18ClN3O3/c1-28-19-9-5-2-6-14(19)13-24-20(26)15-10-16(12-23-11-15)21(27)25-18-8-4-3-7-17(18)22/h2-12H,13H2,1H3,(H,24,26)(H,25,27). The molecule has 0 spiro atoms. The molecule has 0 aliphatic heterocycles. The van der Waals surface area contributed by atoms with E-state index < -0.39 is 5.91 Å². The Labute approximate surface area is 167 Å². The van der Waals surface area contributed by atoms with Crippen LogP contribution in [0.5, 0.6) is 5.75 Å². The van der Waals surface area contributed by atoms with Crippen molar-refractivity contribution in [2.45, 2.75) is 6.54 Å². The Kier molecular flexibility index (Phi) is 6.24. The lowest BCUT2D eigenvalue weighted by atomic mass is 10.1. The molecule has 0 atom stereocenters. The van der Waals surface area contributed by atoms with Crippen LogP contribution in [0, 0.1) is 0 Å². The molecule has 142 valence electrons. The van der Waals surface area contributed by atoms with Gasteiger partial charge in [-0.2, -0.15) is 0 Å². The summed E-state index contributed by atoms with van der Waals surface area (Å²) in [5.41, 5.74) is 1.87. The average Bonchev–Trinajstić information content (AvgIpc) is 2.74. The number of nitrogens with one attached hydrogen (secondary N) is 2. The number of nitrogens with zero attached hydrogens (tertiary/aromatic N) is 1. The van der Waals surface area contributed by atoms with Gasteiger partial charge in [-0.1, -0.05) is 41.9 Å². The van der Waals surface area contributed by atoms with E-state index in [1.54, 1.807) is 31.4 Å². The Morgan fingerprint density at radius 1 is 1.00 bits per heavy atom. The molecule has 1 aromatic heterocycles. The van der Waals surface area contributed by atoms with Crippen LogP contribution in [0.1, 0.15) is 26.3 Å². The molecule has 0 bridgehead atoms. The summed E-state index contributed by atoms with van der Waals surface area (Å²) < 4.78 is 5.27. The van der Waals surface area contributed by atoms with Crippen LogP contribution >= 0.6 is 11.6 Å². The zero-order valence-corrected chi connectivity index (χ0v) is 15.9. The number of benzene rings is 2. The fourth-order valence-corrected chi connectivity index (χ4v) is 2.75. The van der Waals surface area contributed by atoms with Gasteiger partial charge in [0.2, 0.25) is 0 Å². The number of rotatable bonds is 6. The van der Waals surface area contributed by atoms with Crippen molar-refractivity contribution in [2.24, 2.45) is 0 Å². The summed E-state index contributed by atoms with van der Waals surface area (Å²) in [6, 6.07) is 15.8. The van der Waals surface area contributed by atoms with Crippen LogP contribution in [0.15, 0.2) is 67.0 Å². The van der Waals surface area contributed by atoms with Gasteiger partial charge in [-0.3, -0.25) is 14.6 Å². The number of ether oxygens (including phenoxy) is 1. The highest BCUT2D eigenvalue weighted by Crippen LogP contribution is 2.21. The van der Waals surface area contributed by atoms with Gasteiger partial charge >= 0.3 is 0 Å². The van der Waals surface area contributed by atoms with E-state index in [9.17, 15) is 9.59 Å². The lowest BCUT2D eigenvalue weighted by Crippen LogP contribution is -2.24. The summed E-state index contributed by atoms with van der Waals surface area (Å²) in [4.78, 5) is 28.9. The fourth-order valence-electron chi connectivity index (χ4n) is 2.57. The van der Waals surface area contributed by atoms with E-state index in [1.807, 2.05) is 24.3 Å². The maximum Gasteiger partial charge on any atom is 0.257 e. The van der Waals surface area contributed by atoms with Crippen LogP contribution in [0.3, 0.4) is 0 Å². The second kappa shape index (κ2) is 9.01. The van der Waals surface area contributed by atoms with Crippen LogP contribution in [0.25, 0.3) is 0 Å². The third-order valence-corrected chi connectivity index (χ3v) is 4.35. The quantitative estimate of drug-likeness (QED) is 0.662. The number of para-hydroxylation sites is 2. The molecule has 3 aromatic rings. The number of halogens is 1. The van der Waals surface area contributed by atoms with Gasteiger partial charge in [0.05, 0.1) is 28.9 Å². The molecule has 3 rings (SSSR count). The Bertz CT molecular complexity index is 1010. The molecule has 0 radical (unpaired) electrons. The number of carbonyl (C=O) groups excluding carboxylic acids is 2. The molecule has 7 heteroatoms. The normalized spacial score (nSPS) is 10.2. The third kappa shape index (κ3) is 4.66. The van der Waals surface area contributed by atoms with Crippen LogP contribution in [0.4, 0.5) is 5.69 Å². The maximum atomic E-state index is 12.5. The monoisotopic (exact) mass is 395 g/mol. The van der Waals surface area contributed by atoms with Gasteiger partial charge in [0.15, 0.2) is 0 Å². The fraction of sp³-hybridized carbons (Fsp3) is 0.0952. The number of amides is 2. The van der Waals surface area contributed by atoms with Gasteiger partial charge in [-0.15, -0.1) is 0 Å². The van der Waals surface area contributed by atoms with E-state index >= 15 is 0 Å². The molecule has 0 aliphatic rings. The zero-order chi connectivity index (χ0) is 19.9. The molecule has 0 fully saturated rings. The van der Waals surface area contributed by atoms with Crippen LogP contribution < -0.4 is 15.4 Å². The SMILES string of the molecule is COc1ccccc1CNC(=O)c1cncc(C(=O)Nc2ccccc2Cl)c1. The number of pyridine rings is 1. The lowest BCUT2D eigenvalue weighted by Gasteiger charge is -2.10. The Balaban J connectivity index is 1.69. The van der Waals surface area contributed by atoms with Gasteiger partial charge in [0.25, 0.3) is 11.8 Å². The largest absolute Gasteiger partial charge is 0.496 e. The van der Waals surface area contributed by atoms with Crippen molar-refractivity contribution in [3.8, 4) is 5.75 Å². The first-order valence-electron chi connectivity index (χ1n) is 8.49. The zero-order valence-electron chi connectivity index (χ0n) is 15.1. The number of hydrogen-bond donors (Lipinski definition) is 2. The smallest absolute Gasteiger partial charge is 0.257 e. The third-order valence-electron chi connectivity index (χ3n) is 4.02. The summed E-state index contributed by atoms with van der Waals surface area (Å²) >= 11 is 6.06. The Hall–Kier alpha value is -3.38. The first-order chi connectivity index (χ1) is 13.6. The van der Waals surface area contributed by atoms with Gasteiger partial charge in [0.1, 0.15) is 5.75 Å². The highest BCUT2D eigenvalue weighted by molar-refractivity contribution is 6.33. The predicted octanol–water partition coefficient (Wildman–Crippen LogP) is 3.93. The Morgan fingerprint density at radius 3 is 2.43 bits per heavy atom. The summed E-state index contributed by atoms with van der Waals surface area (Å²) in [6.07, 6.45) is 2.80. The maximum absolute atomic E-state index is 12.5. The highest BCUT2D eigenvalue weighted by atomic mass is 35.5. The lowest BCUT2D eigenvalue weighted by molar-refractivity contribution is 0.0950. The van der Waals surface area contributed by atoms with Gasteiger partial charge in [0, 0.05) is 24.5 Å². The first kappa shape index (κ1) is 19.4. The number of aromatic nitrogens is 1. The minimum Gasteiger partial charge on any atom is -0.496 e. The van der Waals surface area contributed by atoms with Crippen molar-refractivity contribution in [1.29, 1.82) is 0 Å². The van der Waals surface area contributed by atoms with Crippen molar-refractivity contribution in [3.05, 3.63) is 88.7 Å². The number of methoxy groups -OCH3 is 1. The summed E-state index contributed by atoms with van der Waals surface area (Å²) in [5.74, 6) is -0.0560. The van der Waals surface area contributed by atoms with E-state index in [1.165, 1.54) is 18.5 Å². The van der Waals surface area contributed by atoms with Gasteiger partial charge in [-0.05, 0) is 24.3 Å². The number of anilines is 1. The van der Waals surface area contributed by atoms with Crippen molar-refractivity contribution in [1.82, 2.24) is 10.3 Å². The van der Waals surface area contributed by atoms with Crippen LogP contribution in [0.2, 0.25) is 5.02 Å². The number of carbonyl (C=O) groups is 2. The summed E-state index contributed by atoms with van der Waals surface area (Å²) in [7, 11) is 1.58. The van der Waals surface area contributed by atoms with E-state index in [2.05, 4.69) is 15.6 Å². The molecule has 1 heterocycles. The van der Waals surface area contributed by atoms with E-state index in [-0.39, 0.29) is 17.0 Å². The molecule has 0 saturated heterocycles. The summed E-state index contributed by atoms with van der Waals surface area (Å²) in [5, 5.41) is 5.94. The van der Waals surface area contributed by atoms with Crippen molar-refractivity contribution < 1.29 is 14.3 Å². The Morgan fingerprint density at radius 2 is 1.68 bits per heavy atom. The van der Waals surface area contributed by atoms with E-state index in [0.717, 1.165) is 5.56 Å². The molecule has 28 heavy (non-hydrogen) atoms. The van der Waals surface area contributed by atoms with E-state index in [4.69, 9.17) is 16.3 Å². The van der Waals surface area contributed by atoms with Crippen molar-refractivity contribution in [2.75, 3.05) is 12.4 Å². The molecule has 0 unspecified atom stereocenters. The minimum absolute atomic E-state index is 0.255. The molecule has 6 nitrogen and oxygen atoms in total. The molecule has 2 aromatic carbocycles. The van der Waals surface area contributed by atoms with Gasteiger partial charge < -0.3 is 15.4 Å². The molecular weight excluding hydrogens is 378 g/mol. The predicted molar refractivity (Wildman–Crippen MR) is 108 cm³/mol. The first-order valence-corrected chi connectivity index (χ1v) is 8.87. The minimum atomic E-state index is -0.403. The highest BCUT2D eigenvalue weighted by Gasteiger charge is 2.13. The second-order valence-corrected chi connectivity index (χ2v) is 6.30. The topological polar surface area (TPSA) is 80.3 Å². The summed E-state index contributed by atoms with van der Waals surface area (Å²) in [6.45, 7) is 0.291. The second-order valence-electron chi connectivity index (χ2n) is 5.89. The van der Waals surface area contributed by atoms with Crippen molar-refractivity contribution >= 4 is 29.1 Å². The van der Waals surface area contributed by atoms with Crippen molar-refractivity contribution in [3.63, 3.8) is 0 Å². The average molecular weight is 396 g/mol. The van der Waals surface area contributed by atoms with Crippen LogP contribution in [-0.2, 0) is 6.54 Å². The van der Waals surface area contributed by atoms with E-state index in [0.29, 0.717) is 23.0 Å². The molecule has 0 aliphatic carbocycles. The molecular formula is C21H18ClN3O3. The van der Waals surface area contributed by atoms with Gasteiger partial charge in [-0.25, -0.2) is 0 Å². The molecule has 2 N–H and O–H groups in total. The molecule has 2 amide bonds. The molecule has 0 saturated carbocycles.